The molecule has 2 aliphatic heterocycles. The maximum atomic E-state index is 6.60. The lowest BCUT2D eigenvalue weighted by molar-refractivity contribution is 0.00578. The molecule has 0 atom stereocenters. The molecule has 0 N–H and O–H groups in total. The quantitative estimate of drug-likeness (QED) is 0.743. The summed E-state index contributed by atoms with van der Waals surface area (Å²) in [4.78, 5) is 3.38. The van der Waals surface area contributed by atoms with Crippen LogP contribution in [-0.4, -0.2) is 31.2 Å². The summed E-state index contributed by atoms with van der Waals surface area (Å²) in [5, 5.41) is 0.744. The summed E-state index contributed by atoms with van der Waals surface area (Å²) >= 11 is 8.40. The Morgan fingerprint density at radius 1 is 1.20 bits per heavy atom. The highest BCUT2D eigenvalue weighted by atomic mass is 35.5. The molecule has 0 unspecified atom stereocenters. The minimum atomic E-state index is -0.406. The van der Waals surface area contributed by atoms with Gasteiger partial charge in [0.15, 0.2) is 0 Å². The van der Waals surface area contributed by atoms with Gasteiger partial charge in [0.2, 0.25) is 0 Å². The summed E-state index contributed by atoms with van der Waals surface area (Å²) in [6, 6.07) is 4.13. The van der Waals surface area contributed by atoms with Crippen LogP contribution < -0.4 is 10.4 Å². The van der Waals surface area contributed by atoms with Crippen LogP contribution in [0.3, 0.4) is 0 Å². The molecule has 0 saturated carbocycles. The summed E-state index contributed by atoms with van der Waals surface area (Å²) in [7, 11) is 1.65. The highest BCUT2D eigenvalue weighted by Crippen LogP contribution is 2.43. The average Bonchev–Trinajstić information content (AvgIpc) is 2.79. The Labute approximate surface area is 130 Å². The standard InChI is InChI=1S/C14H19BClNO2S/c1-13(2)14(3,4)19-15(18-13)9-6-7-10-12(11(9)16)17(5)8-20-10/h6-7H,8H2,1-5H3. The van der Waals surface area contributed by atoms with Gasteiger partial charge in [-0.2, -0.15) is 0 Å². The van der Waals surface area contributed by atoms with Crippen LogP contribution in [0.4, 0.5) is 5.69 Å². The average molecular weight is 312 g/mol. The third kappa shape index (κ3) is 2.07. The fraction of sp³-hybridized carbons (Fsp3) is 0.571. The van der Waals surface area contributed by atoms with Crippen molar-refractivity contribution in [3.63, 3.8) is 0 Å². The molecule has 3 rings (SSSR count). The molecule has 0 aromatic heterocycles. The van der Waals surface area contributed by atoms with Crippen LogP contribution in [0.1, 0.15) is 27.7 Å². The first-order chi connectivity index (χ1) is 9.23. The van der Waals surface area contributed by atoms with Crippen LogP contribution in [0.25, 0.3) is 0 Å². The number of thioether (sulfide) groups is 1. The van der Waals surface area contributed by atoms with Crippen molar-refractivity contribution in [1.29, 1.82) is 0 Å². The maximum Gasteiger partial charge on any atom is 0.496 e. The van der Waals surface area contributed by atoms with E-state index in [1.54, 1.807) is 11.8 Å². The van der Waals surface area contributed by atoms with Crippen LogP contribution in [0, 0.1) is 0 Å². The molecule has 0 bridgehead atoms. The molecule has 108 valence electrons. The predicted octanol–water partition coefficient (Wildman–Crippen LogP) is 3.14. The van der Waals surface area contributed by atoms with Crippen molar-refractivity contribution in [1.82, 2.24) is 0 Å². The van der Waals surface area contributed by atoms with Gasteiger partial charge in [-0.25, -0.2) is 0 Å². The number of nitrogens with zero attached hydrogens (tertiary/aromatic N) is 1. The zero-order chi connectivity index (χ0) is 14.7. The van der Waals surface area contributed by atoms with E-state index >= 15 is 0 Å². The zero-order valence-corrected chi connectivity index (χ0v) is 14.1. The largest absolute Gasteiger partial charge is 0.496 e. The Bertz CT molecular complexity index is 548. The molecule has 6 heteroatoms. The Morgan fingerprint density at radius 3 is 2.40 bits per heavy atom. The number of halogens is 1. The van der Waals surface area contributed by atoms with Crippen LogP contribution >= 0.6 is 23.4 Å². The van der Waals surface area contributed by atoms with Crippen LogP contribution in [-0.2, 0) is 9.31 Å². The second-order valence-corrected chi connectivity index (χ2v) is 7.74. The van der Waals surface area contributed by atoms with Crippen LogP contribution in [0.15, 0.2) is 17.0 Å². The second kappa shape index (κ2) is 4.57. The third-order valence-electron chi connectivity index (χ3n) is 4.41. The first-order valence-corrected chi connectivity index (χ1v) is 8.11. The van der Waals surface area contributed by atoms with Crippen LogP contribution in [0.2, 0.25) is 5.02 Å². The molecule has 1 fully saturated rings. The number of anilines is 1. The first-order valence-electron chi connectivity index (χ1n) is 6.75. The molecule has 0 amide bonds. The van der Waals surface area contributed by atoms with Gasteiger partial charge in [0.1, 0.15) is 0 Å². The Balaban J connectivity index is 2.00. The molecular weight excluding hydrogens is 292 g/mol. The van der Waals surface area contributed by atoms with E-state index in [9.17, 15) is 0 Å². The number of benzene rings is 1. The monoisotopic (exact) mass is 311 g/mol. The minimum Gasteiger partial charge on any atom is -0.399 e. The fourth-order valence-corrected chi connectivity index (χ4v) is 3.89. The smallest absolute Gasteiger partial charge is 0.399 e. The highest BCUT2D eigenvalue weighted by Gasteiger charge is 2.52. The van der Waals surface area contributed by atoms with Gasteiger partial charge >= 0.3 is 7.12 Å². The van der Waals surface area contributed by atoms with E-state index in [0.717, 1.165) is 22.0 Å². The fourth-order valence-electron chi connectivity index (χ4n) is 2.42. The van der Waals surface area contributed by atoms with Gasteiger partial charge in [-0.1, -0.05) is 17.7 Å². The van der Waals surface area contributed by atoms with Crippen molar-refractivity contribution in [2.24, 2.45) is 0 Å². The Morgan fingerprint density at radius 2 is 1.80 bits per heavy atom. The molecule has 0 radical (unpaired) electrons. The van der Waals surface area contributed by atoms with E-state index in [-0.39, 0.29) is 11.2 Å². The molecule has 0 aliphatic carbocycles. The van der Waals surface area contributed by atoms with Crippen molar-refractivity contribution < 1.29 is 9.31 Å². The zero-order valence-electron chi connectivity index (χ0n) is 12.5. The molecule has 3 nitrogen and oxygen atoms in total. The molecule has 20 heavy (non-hydrogen) atoms. The lowest BCUT2D eigenvalue weighted by atomic mass is 9.78. The van der Waals surface area contributed by atoms with Gasteiger partial charge in [0.05, 0.1) is 27.8 Å². The summed E-state index contributed by atoms with van der Waals surface area (Å²) in [5.41, 5.74) is 1.31. The van der Waals surface area contributed by atoms with Crippen molar-refractivity contribution in [2.45, 2.75) is 43.8 Å². The SMILES string of the molecule is CN1CSc2ccc(B3OC(C)(C)C(C)(C)O3)c(Cl)c21. The van der Waals surface area contributed by atoms with Crippen LogP contribution in [0.5, 0.6) is 0 Å². The summed E-state index contributed by atoms with van der Waals surface area (Å²) in [6.07, 6.45) is 0. The topological polar surface area (TPSA) is 21.7 Å². The van der Waals surface area contributed by atoms with Crippen molar-refractivity contribution in [3.05, 3.63) is 17.2 Å². The molecular formula is C14H19BClNO2S. The van der Waals surface area contributed by atoms with Gasteiger partial charge in [-0.05, 0) is 33.8 Å². The molecule has 1 aromatic rings. The highest BCUT2D eigenvalue weighted by molar-refractivity contribution is 7.99. The van der Waals surface area contributed by atoms with Gasteiger partial charge in [0, 0.05) is 17.4 Å². The van der Waals surface area contributed by atoms with E-state index in [0.29, 0.717) is 0 Å². The molecule has 1 aromatic carbocycles. The summed E-state index contributed by atoms with van der Waals surface area (Å²) in [5.74, 6) is 0.932. The number of hydrogen-bond acceptors (Lipinski definition) is 4. The second-order valence-electron chi connectivity index (χ2n) is 6.38. The van der Waals surface area contributed by atoms with Crippen molar-refractivity contribution in [3.8, 4) is 0 Å². The lowest BCUT2D eigenvalue weighted by Gasteiger charge is -2.32. The predicted molar refractivity (Wildman–Crippen MR) is 86.3 cm³/mol. The molecule has 2 aliphatic rings. The molecule has 1 saturated heterocycles. The minimum absolute atomic E-state index is 0.347. The van der Waals surface area contributed by atoms with Gasteiger partial charge in [-0.15, -0.1) is 11.8 Å². The number of hydrogen-bond donors (Lipinski definition) is 0. The lowest BCUT2D eigenvalue weighted by Crippen LogP contribution is -2.41. The van der Waals surface area contributed by atoms with E-state index < -0.39 is 7.12 Å². The first kappa shape index (κ1) is 14.6. The number of fused-ring (bicyclic) bond motifs is 1. The van der Waals surface area contributed by atoms with E-state index in [2.05, 4.69) is 45.7 Å². The van der Waals surface area contributed by atoms with E-state index in [1.165, 1.54) is 4.90 Å². The van der Waals surface area contributed by atoms with Gasteiger partial charge < -0.3 is 14.2 Å². The van der Waals surface area contributed by atoms with Gasteiger partial charge in [-0.3, -0.25) is 0 Å². The third-order valence-corrected chi connectivity index (χ3v) is 5.97. The Kier molecular flexibility index (Phi) is 3.33. The van der Waals surface area contributed by atoms with E-state index in [4.69, 9.17) is 20.9 Å². The Hall–Kier alpha value is -0.355. The molecule has 2 heterocycles. The van der Waals surface area contributed by atoms with Crippen molar-refractivity contribution >= 4 is 41.6 Å². The number of rotatable bonds is 1. The molecule has 0 spiro atoms. The summed E-state index contributed by atoms with van der Waals surface area (Å²) < 4.78 is 12.2. The normalized spacial score (nSPS) is 23.3. The maximum absolute atomic E-state index is 6.60. The van der Waals surface area contributed by atoms with E-state index in [1.807, 2.05) is 6.07 Å². The summed E-state index contributed by atoms with van der Waals surface area (Å²) in [6.45, 7) is 8.21. The van der Waals surface area contributed by atoms with Gasteiger partial charge in [0.25, 0.3) is 0 Å². The van der Waals surface area contributed by atoms with Crippen molar-refractivity contribution in [2.75, 3.05) is 17.8 Å².